The number of carboxylic acids is 1. The largest absolute Gasteiger partial charge is 0.476 e. The third-order valence-electron chi connectivity index (χ3n) is 20.7. The van der Waals surface area contributed by atoms with Crippen molar-refractivity contribution in [1.82, 2.24) is 50.0 Å². The quantitative estimate of drug-likeness (QED) is 0.0425. The number of carbonyl (C=O) groups excluding carboxylic acids is 4. The molecule has 20 heteroatoms. The molecule has 88 heavy (non-hydrogen) atoms. The number of rotatable bonds is 22. The lowest BCUT2D eigenvalue weighted by Gasteiger charge is -2.69. The van der Waals surface area contributed by atoms with Crippen LogP contribution in [0.2, 0.25) is 0 Å². The van der Waals surface area contributed by atoms with Crippen molar-refractivity contribution in [2.24, 2.45) is 16.2 Å². The number of thiazole rings is 1. The van der Waals surface area contributed by atoms with Crippen molar-refractivity contribution in [3.8, 4) is 11.1 Å². The third-order valence-corrected chi connectivity index (χ3v) is 21.7. The van der Waals surface area contributed by atoms with Gasteiger partial charge in [-0.2, -0.15) is 5.10 Å². The van der Waals surface area contributed by atoms with Crippen LogP contribution in [0.5, 0.6) is 0 Å². The molecule has 0 radical (unpaired) electrons. The number of hydrogen-bond acceptors (Lipinski definition) is 15. The number of benzene rings is 2. The summed E-state index contributed by atoms with van der Waals surface area (Å²) in [6.45, 7) is 15.0. The smallest absolute Gasteiger partial charge is 0.355 e. The Labute approximate surface area is 519 Å². The van der Waals surface area contributed by atoms with E-state index in [1.807, 2.05) is 65.4 Å². The summed E-state index contributed by atoms with van der Waals surface area (Å²) in [5.74, 6) is 0.532. The summed E-state index contributed by atoms with van der Waals surface area (Å²) in [4.78, 5) is 81.4. The van der Waals surface area contributed by atoms with Gasteiger partial charge in [0.25, 0.3) is 5.91 Å². The molecule has 3 N–H and O–H groups in total. The Morgan fingerprint density at radius 2 is 1.59 bits per heavy atom. The van der Waals surface area contributed by atoms with Crippen molar-refractivity contribution in [3.05, 3.63) is 100.0 Å². The average Bonchev–Trinajstić information content (AvgIpc) is 0.845. The number of aromatic carboxylic acids is 1. The molecule has 6 fully saturated rings. The first-order chi connectivity index (χ1) is 42.3. The minimum atomic E-state index is -1.09. The molecule has 3 unspecified atom stereocenters. The van der Waals surface area contributed by atoms with Crippen molar-refractivity contribution < 1.29 is 33.8 Å². The zero-order valence-electron chi connectivity index (χ0n) is 51.8. The number of ether oxygens (including phenoxy) is 1. The second-order valence-corrected chi connectivity index (χ2v) is 28.9. The Balaban J connectivity index is 0.553. The number of carboxylic acid groups (broad SMARTS) is 1. The maximum Gasteiger partial charge on any atom is 0.355 e. The van der Waals surface area contributed by atoms with Gasteiger partial charge in [-0.1, -0.05) is 75.1 Å². The summed E-state index contributed by atoms with van der Waals surface area (Å²) >= 11 is 1.57. The van der Waals surface area contributed by atoms with Crippen LogP contribution in [0.1, 0.15) is 184 Å². The predicted octanol–water partition coefficient (Wildman–Crippen LogP) is 11.5. The number of para-hydroxylation sites is 1. The number of likely N-dealkylation sites (tertiary alicyclic amines) is 1. The Bertz CT molecular complexity index is 3650. The van der Waals surface area contributed by atoms with Crippen LogP contribution in [0.4, 0.5) is 22.6 Å². The van der Waals surface area contributed by atoms with Crippen LogP contribution in [-0.2, 0) is 38.6 Å². The average molecular weight is 1210 g/mol. The van der Waals surface area contributed by atoms with Crippen molar-refractivity contribution in [2.45, 2.75) is 180 Å². The fourth-order valence-corrected chi connectivity index (χ4v) is 18.5. The first-order valence-electron chi connectivity index (χ1n) is 32.3. The van der Waals surface area contributed by atoms with Crippen LogP contribution in [-0.4, -0.2) is 137 Å². The third kappa shape index (κ3) is 12.0. The van der Waals surface area contributed by atoms with E-state index < -0.39 is 17.9 Å². The summed E-state index contributed by atoms with van der Waals surface area (Å²) in [5, 5.41) is 31.6. The second kappa shape index (κ2) is 24.0. The van der Waals surface area contributed by atoms with Gasteiger partial charge in [0.1, 0.15) is 11.9 Å². The summed E-state index contributed by atoms with van der Waals surface area (Å²) in [5.41, 5.74) is 8.17. The number of unbranched alkanes of at least 4 members (excludes halogenated alkanes) is 5. The molecule has 464 valence electrons. The number of pyridine rings is 1. The minimum Gasteiger partial charge on any atom is -0.476 e. The lowest BCUT2D eigenvalue weighted by atomic mass is 9.39. The van der Waals surface area contributed by atoms with Crippen LogP contribution in [0.3, 0.4) is 0 Å². The Kier molecular flexibility index (Phi) is 16.3. The number of aromatic nitrogens is 6. The van der Waals surface area contributed by atoms with Crippen molar-refractivity contribution in [2.75, 3.05) is 56.6 Å². The molecule has 14 rings (SSSR count). The number of imide groups is 1. The van der Waals surface area contributed by atoms with E-state index in [1.165, 1.54) is 24.8 Å². The van der Waals surface area contributed by atoms with Gasteiger partial charge in [-0.15, -0.1) is 10.2 Å². The molecular formula is C68H84N12O7S. The maximum absolute atomic E-state index is 13.3. The standard InChI is InChI=1S/C68H84N12O7S/c1-43-48-15-14-28-78(60(48)75-74-59(43)73-64-70-52-16-11-12-17-54(52)88-64)55-23-21-50(58(71-55)63(85)86)51-34-69-80(44(51)2)42-67-37-65(3)36-66(4,38-67)40-68(39-65,41-67)87-32-31-76(5)27-13-9-7-6-8-10-18-57(82)77-29-25-45(26-30-77)46-19-20-49-47(33-46)35-79(62(49)84)53-22-24-56(81)72-61(53)83/h11-12,16-17,19-21,23,33-34,45,53H,6-10,13-15,18,22,24-32,35-42H2,1-5H3,(H,85,86)(H,70,73,74)(H,72,81,83). The highest BCUT2D eigenvalue weighted by Gasteiger charge is 2.66. The Hall–Kier alpha value is -7.16. The monoisotopic (exact) mass is 1210 g/mol. The van der Waals surface area contributed by atoms with Gasteiger partial charge in [-0.25, -0.2) is 14.8 Å². The zero-order chi connectivity index (χ0) is 61.1. The van der Waals surface area contributed by atoms with Gasteiger partial charge in [0.2, 0.25) is 17.7 Å². The van der Waals surface area contributed by atoms with Crippen LogP contribution < -0.4 is 15.5 Å². The summed E-state index contributed by atoms with van der Waals surface area (Å²) in [7, 11) is 2.22. The van der Waals surface area contributed by atoms with E-state index in [-0.39, 0.29) is 51.7 Å². The summed E-state index contributed by atoms with van der Waals surface area (Å²) < 4.78 is 10.4. The highest BCUT2D eigenvalue weighted by atomic mass is 32.1. The first-order valence-corrected chi connectivity index (χ1v) is 33.1. The Morgan fingerprint density at radius 1 is 0.830 bits per heavy atom. The van der Waals surface area contributed by atoms with Crippen LogP contribution in [0, 0.1) is 30.1 Å². The number of amides is 4. The molecule has 19 nitrogen and oxygen atoms in total. The highest BCUT2D eigenvalue weighted by molar-refractivity contribution is 7.22. The topological polar surface area (TPSA) is 221 Å². The molecule has 2 aromatic carbocycles. The van der Waals surface area contributed by atoms with Crippen LogP contribution >= 0.6 is 11.3 Å². The van der Waals surface area contributed by atoms with Gasteiger partial charge >= 0.3 is 5.97 Å². The maximum atomic E-state index is 13.3. The Morgan fingerprint density at radius 3 is 2.36 bits per heavy atom. The number of hydrogen-bond donors (Lipinski definition) is 3. The molecule has 3 atom stereocenters. The molecule has 2 saturated heterocycles. The van der Waals surface area contributed by atoms with E-state index in [0.717, 1.165) is 159 Å². The van der Waals surface area contributed by atoms with Gasteiger partial charge in [-0.3, -0.25) is 29.2 Å². The SMILES string of the molecule is Cc1c(Nc2nc3ccccc3s2)nnc2c1CCCN2c1ccc(-c2cnn(CC34CC5(C)CC(C)(C3)CC(OCCN(C)CCCCCCCCC(=O)N3CCC(c6ccc7c(c6)CN(C6CCC(=O)NC6=O)C7=O)CC3)(C5)C4)c2C)c(C(=O)O)n1. The number of nitrogens with zero attached hydrogens (tertiary/aromatic N) is 10. The van der Waals surface area contributed by atoms with E-state index in [0.29, 0.717) is 67.0 Å². The van der Waals surface area contributed by atoms with Gasteiger partial charge in [-0.05, 0) is 175 Å². The zero-order valence-corrected chi connectivity index (χ0v) is 52.6. The van der Waals surface area contributed by atoms with Crippen molar-refractivity contribution in [3.63, 3.8) is 0 Å². The molecule has 0 spiro atoms. The normalized spacial score (nSPS) is 25.0. The van der Waals surface area contributed by atoms with Crippen LogP contribution in [0.25, 0.3) is 21.3 Å². The van der Waals surface area contributed by atoms with Gasteiger partial charge in [0, 0.05) is 85.6 Å². The minimum absolute atomic E-state index is 0.00849. The van der Waals surface area contributed by atoms with E-state index in [9.17, 15) is 29.1 Å². The number of likely N-dealkylation sites (N-methyl/N-ethyl adjacent to an activating group) is 1. The lowest BCUT2D eigenvalue weighted by Crippen LogP contribution is -2.64. The fourth-order valence-electron chi connectivity index (χ4n) is 17.6. The van der Waals surface area contributed by atoms with E-state index >= 15 is 0 Å². The summed E-state index contributed by atoms with van der Waals surface area (Å²) in [6.07, 6.45) is 19.7. The second-order valence-electron chi connectivity index (χ2n) is 27.9. The van der Waals surface area contributed by atoms with Crippen molar-refractivity contribution in [1.29, 1.82) is 0 Å². The fraction of sp³-hybridized carbons (Fsp3) is 0.559. The number of carbonyl (C=O) groups is 5. The van der Waals surface area contributed by atoms with Crippen molar-refractivity contribution >= 4 is 73.7 Å². The first kappa shape index (κ1) is 59.8. The number of fused-ring (bicyclic) bond motifs is 3. The van der Waals surface area contributed by atoms with Crippen LogP contribution in [0.15, 0.2) is 60.8 Å². The van der Waals surface area contributed by atoms with E-state index in [2.05, 4.69) is 65.3 Å². The molecular weight excluding hydrogens is 1130 g/mol. The van der Waals surface area contributed by atoms with Gasteiger partial charge in [0.15, 0.2) is 22.5 Å². The van der Waals surface area contributed by atoms with Gasteiger partial charge in [0.05, 0.1) is 28.6 Å². The highest BCUT2D eigenvalue weighted by Crippen LogP contribution is 2.72. The molecule has 4 aromatic heterocycles. The molecule has 4 amide bonds. The molecule has 8 heterocycles. The molecule has 8 aliphatic rings. The number of nitrogens with one attached hydrogen (secondary N) is 2. The molecule has 4 saturated carbocycles. The predicted molar refractivity (Wildman–Crippen MR) is 338 cm³/mol. The molecule has 6 aromatic rings. The van der Waals surface area contributed by atoms with Gasteiger partial charge < -0.3 is 34.8 Å². The summed E-state index contributed by atoms with van der Waals surface area (Å²) in [6, 6.07) is 17.3. The van der Waals surface area contributed by atoms with E-state index in [1.54, 1.807) is 16.2 Å². The molecule has 4 aliphatic heterocycles. The molecule has 4 aliphatic carbocycles. The molecule has 4 bridgehead atoms. The van der Waals surface area contributed by atoms with E-state index in [4.69, 9.17) is 24.9 Å². The number of piperidine rings is 2. The number of anilines is 4. The lowest BCUT2D eigenvalue weighted by molar-refractivity contribution is -0.248.